The van der Waals surface area contributed by atoms with Crippen LogP contribution in [0.1, 0.15) is 17.4 Å². The second kappa shape index (κ2) is 9.16. The van der Waals surface area contributed by atoms with Gasteiger partial charge in [-0.25, -0.2) is 31.5 Å². The molecule has 0 aliphatic carbocycles. The van der Waals surface area contributed by atoms with E-state index in [1.807, 2.05) is 0 Å². The lowest BCUT2D eigenvalue weighted by Crippen LogP contribution is -2.55. The van der Waals surface area contributed by atoms with Gasteiger partial charge < -0.3 is 19.5 Å². The summed E-state index contributed by atoms with van der Waals surface area (Å²) in [6.07, 6.45) is -0.363. The SMILES string of the molecule is [2H]C([2H])([2H])C(=O)N1CC[C@@H](Nc2nc(OC)c3c(-c4cc(F)c5ncn(CC(F)F)c5c4)ccn3n2)C(F)(F)C1. The minimum absolute atomic E-state index is 0.0441. The van der Waals surface area contributed by atoms with Crippen molar-refractivity contribution in [3.8, 4) is 17.0 Å². The summed E-state index contributed by atoms with van der Waals surface area (Å²) in [6.45, 7) is -5.01. The number of ether oxygens (including phenoxy) is 1. The molecular weight excluding hydrogens is 501 g/mol. The van der Waals surface area contributed by atoms with E-state index in [1.165, 1.54) is 30.0 Å². The highest BCUT2D eigenvalue weighted by Crippen LogP contribution is 2.35. The van der Waals surface area contributed by atoms with E-state index in [1.54, 1.807) is 6.07 Å². The number of rotatable bonds is 6. The van der Waals surface area contributed by atoms with E-state index in [-0.39, 0.29) is 41.3 Å². The Morgan fingerprint density at radius 1 is 1.38 bits per heavy atom. The molecule has 0 spiro atoms. The molecule has 14 heteroatoms. The van der Waals surface area contributed by atoms with Crippen LogP contribution in [-0.4, -0.2) is 73.5 Å². The molecule has 0 radical (unpaired) electrons. The molecule has 0 saturated carbocycles. The first-order valence-corrected chi connectivity index (χ1v) is 11.1. The summed E-state index contributed by atoms with van der Waals surface area (Å²) >= 11 is 0. The Bertz CT molecular complexity index is 1590. The minimum Gasteiger partial charge on any atom is -0.479 e. The van der Waals surface area contributed by atoms with Crippen LogP contribution >= 0.6 is 0 Å². The molecule has 1 amide bonds. The fourth-order valence-corrected chi connectivity index (χ4v) is 4.45. The van der Waals surface area contributed by atoms with Crippen LogP contribution < -0.4 is 10.1 Å². The number of halogens is 5. The molecule has 1 aliphatic rings. The molecule has 5 rings (SSSR count). The van der Waals surface area contributed by atoms with E-state index in [2.05, 4.69) is 20.4 Å². The van der Waals surface area contributed by atoms with Crippen molar-refractivity contribution < 1.29 is 35.6 Å². The van der Waals surface area contributed by atoms with Crippen LogP contribution in [0.4, 0.5) is 27.9 Å². The molecule has 0 bridgehead atoms. The van der Waals surface area contributed by atoms with E-state index in [9.17, 15) is 26.7 Å². The number of carbonyl (C=O) groups excluding carboxylic acids is 1. The number of amides is 1. The van der Waals surface area contributed by atoms with Gasteiger partial charge in [0.15, 0.2) is 5.82 Å². The summed E-state index contributed by atoms with van der Waals surface area (Å²) in [4.78, 5) is 20.6. The second-order valence-corrected chi connectivity index (χ2v) is 8.55. The lowest BCUT2D eigenvalue weighted by molar-refractivity contribution is -0.140. The van der Waals surface area contributed by atoms with Gasteiger partial charge in [0.1, 0.15) is 11.0 Å². The van der Waals surface area contributed by atoms with Crippen LogP contribution in [0.25, 0.3) is 27.7 Å². The van der Waals surface area contributed by atoms with E-state index in [4.69, 9.17) is 8.85 Å². The Morgan fingerprint density at radius 3 is 2.89 bits per heavy atom. The largest absolute Gasteiger partial charge is 0.479 e. The molecule has 1 atom stereocenters. The zero-order valence-electron chi connectivity index (χ0n) is 22.3. The predicted molar refractivity (Wildman–Crippen MR) is 123 cm³/mol. The summed E-state index contributed by atoms with van der Waals surface area (Å²) in [6, 6.07) is 2.71. The van der Waals surface area contributed by atoms with Crippen LogP contribution in [0.2, 0.25) is 0 Å². The molecule has 3 aromatic heterocycles. The lowest BCUT2D eigenvalue weighted by Gasteiger charge is -2.38. The summed E-state index contributed by atoms with van der Waals surface area (Å²) in [7, 11) is 1.29. The number of methoxy groups -OCH3 is 1. The summed E-state index contributed by atoms with van der Waals surface area (Å²) in [5.74, 6) is -5.86. The van der Waals surface area contributed by atoms with Crippen molar-refractivity contribution in [3.05, 3.63) is 36.5 Å². The molecule has 1 aromatic carbocycles. The number of nitrogens with zero attached hydrogens (tertiary/aromatic N) is 6. The Morgan fingerprint density at radius 2 is 2.19 bits per heavy atom. The van der Waals surface area contributed by atoms with Gasteiger partial charge in [0.25, 0.3) is 12.3 Å². The van der Waals surface area contributed by atoms with Crippen molar-refractivity contribution in [1.29, 1.82) is 0 Å². The Hall–Kier alpha value is -3.97. The van der Waals surface area contributed by atoms with Gasteiger partial charge in [0.2, 0.25) is 17.7 Å². The zero-order chi connectivity index (χ0) is 29.0. The van der Waals surface area contributed by atoms with Gasteiger partial charge in [0, 0.05) is 29.3 Å². The second-order valence-electron chi connectivity index (χ2n) is 8.55. The van der Waals surface area contributed by atoms with Crippen molar-refractivity contribution in [1.82, 2.24) is 29.0 Å². The molecule has 4 heterocycles. The number of benzene rings is 1. The topological polar surface area (TPSA) is 89.6 Å². The molecular formula is C23H22F5N7O2. The van der Waals surface area contributed by atoms with Gasteiger partial charge >= 0.3 is 0 Å². The van der Waals surface area contributed by atoms with Gasteiger partial charge in [-0.05, 0) is 30.2 Å². The smallest absolute Gasteiger partial charge is 0.285 e. The predicted octanol–water partition coefficient (Wildman–Crippen LogP) is 3.83. The van der Waals surface area contributed by atoms with Crippen LogP contribution in [0, 0.1) is 5.82 Å². The van der Waals surface area contributed by atoms with Gasteiger partial charge in [-0.1, -0.05) is 0 Å². The van der Waals surface area contributed by atoms with E-state index >= 15 is 0 Å². The number of anilines is 1. The quantitative estimate of drug-likeness (QED) is 0.385. The number of hydrogen-bond acceptors (Lipinski definition) is 6. The highest BCUT2D eigenvalue weighted by Gasteiger charge is 2.45. The number of aromatic nitrogens is 5. The van der Waals surface area contributed by atoms with Gasteiger partial charge in [-0.15, -0.1) is 5.10 Å². The van der Waals surface area contributed by atoms with Crippen molar-refractivity contribution in [2.45, 2.75) is 38.2 Å². The molecule has 1 N–H and O–H groups in total. The lowest BCUT2D eigenvalue weighted by atomic mass is 10.0. The van der Waals surface area contributed by atoms with Crippen molar-refractivity contribution in [3.63, 3.8) is 0 Å². The first-order chi connectivity index (χ1) is 18.8. The first kappa shape index (κ1) is 21.1. The Balaban J connectivity index is 1.46. The van der Waals surface area contributed by atoms with E-state index in [0.29, 0.717) is 16.0 Å². The summed E-state index contributed by atoms with van der Waals surface area (Å²) < 4.78 is 100.0. The first-order valence-electron chi connectivity index (χ1n) is 12.6. The molecule has 0 unspecified atom stereocenters. The minimum atomic E-state index is -3.50. The van der Waals surface area contributed by atoms with Crippen LogP contribution in [0.5, 0.6) is 5.88 Å². The molecule has 196 valence electrons. The molecule has 1 saturated heterocycles. The number of hydrogen-bond donors (Lipinski definition) is 1. The normalized spacial score (nSPS) is 19.2. The maximum atomic E-state index is 14.9. The number of nitrogens with one attached hydrogen (secondary N) is 1. The average Bonchev–Trinajstić information content (AvgIpc) is 3.48. The maximum Gasteiger partial charge on any atom is 0.285 e. The molecule has 37 heavy (non-hydrogen) atoms. The third kappa shape index (κ3) is 4.51. The van der Waals surface area contributed by atoms with Crippen molar-refractivity contribution in [2.24, 2.45) is 0 Å². The number of fused-ring (bicyclic) bond motifs is 2. The van der Waals surface area contributed by atoms with Gasteiger partial charge in [0.05, 0.1) is 38.1 Å². The van der Waals surface area contributed by atoms with Gasteiger partial charge in [-0.2, -0.15) is 4.98 Å². The van der Waals surface area contributed by atoms with Crippen molar-refractivity contribution in [2.75, 3.05) is 25.5 Å². The molecule has 4 aromatic rings. The maximum absolute atomic E-state index is 14.9. The number of imidazole rings is 1. The van der Waals surface area contributed by atoms with Crippen LogP contribution in [-0.2, 0) is 11.3 Å². The third-order valence-corrected chi connectivity index (χ3v) is 6.19. The molecule has 1 aliphatic heterocycles. The summed E-state index contributed by atoms with van der Waals surface area (Å²) in [5.41, 5.74) is 1.02. The van der Waals surface area contributed by atoms with Gasteiger partial charge in [-0.3, -0.25) is 4.79 Å². The highest BCUT2D eigenvalue weighted by molar-refractivity contribution is 5.90. The molecule has 1 fully saturated rings. The fraction of sp³-hybridized carbons (Fsp3) is 0.391. The Kier molecular flexibility index (Phi) is 5.23. The standard InChI is InChI=1S/C23H22F5N7O2/c1-12(36)33-5-4-17(23(27,28)10-33)30-22-31-21(37-2)20-14(3-6-35(20)32-22)13-7-15(24)19-16(8-13)34(11-29-19)9-18(25)26/h3,6-8,11,17-18H,4-5,9-10H2,1-2H3,(H,30,32)/t17-/m1/s1/i1D3. The number of carbonyl (C=O) groups is 1. The number of likely N-dealkylation sites (tertiary alicyclic amines) is 1. The third-order valence-electron chi connectivity index (χ3n) is 6.19. The molecule has 9 nitrogen and oxygen atoms in total. The average molecular weight is 526 g/mol. The zero-order valence-corrected chi connectivity index (χ0v) is 19.3. The van der Waals surface area contributed by atoms with Crippen molar-refractivity contribution >= 4 is 28.4 Å². The number of alkyl halides is 4. The summed E-state index contributed by atoms with van der Waals surface area (Å²) in [5, 5.41) is 6.76. The highest BCUT2D eigenvalue weighted by atomic mass is 19.3. The van der Waals surface area contributed by atoms with Crippen LogP contribution in [0.15, 0.2) is 30.7 Å². The van der Waals surface area contributed by atoms with Crippen LogP contribution in [0.3, 0.4) is 0 Å². The van der Waals surface area contributed by atoms with E-state index in [0.717, 1.165) is 10.9 Å². The fourth-order valence-electron chi connectivity index (χ4n) is 4.45. The Labute approximate surface area is 211 Å². The van der Waals surface area contributed by atoms with E-state index < -0.39 is 50.1 Å². The monoisotopic (exact) mass is 526 g/mol. The number of piperidine rings is 1.